The van der Waals surface area contributed by atoms with Crippen LogP contribution < -0.4 is 11.1 Å². The number of fused-ring (bicyclic) bond motifs is 1. The number of anilines is 1. The molecule has 0 saturated heterocycles. The van der Waals surface area contributed by atoms with E-state index >= 15 is 0 Å². The number of nitrogen functional groups attached to an aromatic ring is 1. The Morgan fingerprint density at radius 3 is 2.41 bits per heavy atom. The van der Waals surface area contributed by atoms with Crippen molar-refractivity contribution in [1.29, 1.82) is 0 Å². The number of hydrogen-bond acceptors (Lipinski definition) is 5. The summed E-state index contributed by atoms with van der Waals surface area (Å²) in [6, 6.07) is 14.1. The fourth-order valence-corrected chi connectivity index (χ4v) is 4.46. The quantitative estimate of drug-likeness (QED) is 0.273. The van der Waals surface area contributed by atoms with Gasteiger partial charge < -0.3 is 11.1 Å². The van der Waals surface area contributed by atoms with Crippen molar-refractivity contribution in [2.75, 3.05) is 5.73 Å². The summed E-state index contributed by atoms with van der Waals surface area (Å²) in [4.78, 5) is 27.5. The number of hydrogen-bond donors (Lipinski definition) is 2. The minimum Gasteiger partial charge on any atom is -0.384 e. The third kappa shape index (κ3) is 5.32. The lowest BCUT2D eigenvalue weighted by Gasteiger charge is -2.11. The molecule has 0 atom stereocenters. The molecule has 2 aromatic heterocycles. The van der Waals surface area contributed by atoms with Crippen molar-refractivity contribution in [2.24, 2.45) is 0 Å². The van der Waals surface area contributed by atoms with Gasteiger partial charge in [0.15, 0.2) is 0 Å². The summed E-state index contributed by atoms with van der Waals surface area (Å²) < 4.78 is 41.5. The first-order valence-corrected chi connectivity index (χ1v) is 10.9. The Morgan fingerprint density at radius 1 is 1.03 bits per heavy atom. The second-order valence-corrected chi connectivity index (χ2v) is 8.60. The molecule has 5 nitrogen and oxygen atoms in total. The highest BCUT2D eigenvalue weighted by atomic mass is 32.1. The summed E-state index contributed by atoms with van der Waals surface area (Å²) in [5, 5.41) is 3.12. The zero-order valence-corrected chi connectivity index (χ0v) is 18.4. The van der Waals surface area contributed by atoms with E-state index in [1.54, 1.807) is 54.6 Å². The number of aldehydes is 1. The summed E-state index contributed by atoms with van der Waals surface area (Å²) in [6.45, 7) is 0.0865. The number of nitrogens with one attached hydrogen (secondary N) is 1. The largest absolute Gasteiger partial charge is 0.417 e. The van der Waals surface area contributed by atoms with Crippen LogP contribution in [0, 0.1) is 0 Å². The summed E-state index contributed by atoms with van der Waals surface area (Å²) in [5.74, 6) is -0.0213. The highest BCUT2D eigenvalue weighted by Gasteiger charge is 2.34. The molecule has 1 amide bonds. The number of amides is 1. The van der Waals surface area contributed by atoms with Crippen molar-refractivity contribution >= 4 is 45.5 Å². The van der Waals surface area contributed by atoms with Crippen LogP contribution in [0.2, 0.25) is 0 Å². The van der Waals surface area contributed by atoms with Crippen LogP contribution in [-0.4, -0.2) is 17.2 Å². The van der Waals surface area contributed by atoms with Gasteiger partial charge in [-0.1, -0.05) is 24.3 Å². The Bertz CT molecular complexity index is 1380. The van der Waals surface area contributed by atoms with E-state index in [2.05, 4.69) is 10.3 Å². The molecule has 0 aliphatic rings. The predicted octanol–water partition coefficient (Wildman–Crippen LogP) is 5.71. The van der Waals surface area contributed by atoms with E-state index in [1.807, 2.05) is 0 Å². The van der Waals surface area contributed by atoms with Gasteiger partial charge in [-0.15, -0.1) is 11.3 Å². The zero-order chi connectivity index (χ0) is 24.3. The van der Waals surface area contributed by atoms with Crippen molar-refractivity contribution < 1.29 is 22.8 Å². The van der Waals surface area contributed by atoms with E-state index < -0.39 is 11.7 Å². The highest BCUT2D eigenvalue weighted by molar-refractivity contribution is 7.19. The molecular formula is C25H18F3N3O2S. The van der Waals surface area contributed by atoms with E-state index in [-0.39, 0.29) is 17.2 Å². The van der Waals surface area contributed by atoms with Gasteiger partial charge in [0.2, 0.25) is 5.91 Å². The Balaban J connectivity index is 1.57. The Labute approximate surface area is 196 Å². The Morgan fingerprint density at radius 2 is 1.76 bits per heavy atom. The maximum Gasteiger partial charge on any atom is 0.417 e. The monoisotopic (exact) mass is 481 g/mol. The van der Waals surface area contributed by atoms with Crippen LogP contribution in [-0.2, 0) is 17.5 Å². The first kappa shape index (κ1) is 23.2. The van der Waals surface area contributed by atoms with E-state index in [4.69, 9.17) is 5.73 Å². The van der Waals surface area contributed by atoms with Crippen molar-refractivity contribution in [3.63, 3.8) is 0 Å². The SMILES string of the molecule is Nc1ccc(/C=C/C(=O)NCc2cc3cc(-c4ccc(C=O)cc4)cc(C(F)(F)F)c3s2)cn1. The number of carbonyl (C=O) groups excluding carboxylic acids is 2. The molecule has 9 heteroatoms. The molecule has 172 valence electrons. The summed E-state index contributed by atoms with van der Waals surface area (Å²) in [5.41, 5.74) is 6.88. The van der Waals surface area contributed by atoms with Crippen LogP contribution >= 0.6 is 11.3 Å². The van der Waals surface area contributed by atoms with E-state index in [1.165, 1.54) is 12.3 Å². The molecule has 0 radical (unpaired) electrons. The lowest BCUT2D eigenvalue weighted by Crippen LogP contribution is -2.19. The molecule has 3 N–H and O–H groups in total. The topological polar surface area (TPSA) is 85.1 Å². The summed E-state index contributed by atoms with van der Waals surface area (Å²) in [6.07, 6.45) is 0.542. The van der Waals surface area contributed by atoms with Crippen LogP contribution in [0.25, 0.3) is 27.3 Å². The number of rotatable bonds is 6. The fraction of sp³-hybridized carbons (Fsp3) is 0.0800. The van der Waals surface area contributed by atoms with E-state index in [9.17, 15) is 22.8 Å². The van der Waals surface area contributed by atoms with Gasteiger partial charge in [-0.25, -0.2) is 4.98 Å². The Kier molecular flexibility index (Phi) is 6.47. The molecule has 0 aliphatic heterocycles. The molecule has 0 saturated carbocycles. The number of nitrogens with zero attached hydrogens (tertiary/aromatic N) is 1. The van der Waals surface area contributed by atoms with Crippen LogP contribution in [0.3, 0.4) is 0 Å². The predicted molar refractivity (Wildman–Crippen MR) is 127 cm³/mol. The molecule has 0 aliphatic carbocycles. The number of thiophene rings is 1. The van der Waals surface area contributed by atoms with Crippen LogP contribution in [0.1, 0.15) is 26.4 Å². The average Bonchev–Trinajstić information content (AvgIpc) is 3.24. The number of alkyl halides is 3. The van der Waals surface area contributed by atoms with Gasteiger partial charge >= 0.3 is 6.18 Å². The number of benzene rings is 2. The first-order valence-electron chi connectivity index (χ1n) is 10.1. The van der Waals surface area contributed by atoms with Gasteiger partial charge in [0, 0.05) is 27.4 Å². The van der Waals surface area contributed by atoms with Crippen molar-refractivity contribution in [2.45, 2.75) is 12.7 Å². The number of halogens is 3. The molecule has 0 bridgehead atoms. The van der Waals surface area contributed by atoms with Crippen molar-refractivity contribution in [1.82, 2.24) is 10.3 Å². The summed E-state index contributed by atoms with van der Waals surface area (Å²) in [7, 11) is 0. The maximum absolute atomic E-state index is 13.8. The molecule has 2 heterocycles. The minimum atomic E-state index is -4.54. The number of aromatic nitrogens is 1. The van der Waals surface area contributed by atoms with Crippen molar-refractivity contribution in [3.8, 4) is 11.1 Å². The molecule has 2 aromatic carbocycles. The normalized spacial score (nSPS) is 11.7. The highest BCUT2D eigenvalue weighted by Crippen LogP contribution is 2.41. The third-order valence-corrected chi connectivity index (χ3v) is 6.21. The van der Waals surface area contributed by atoms with Crippen LogP contribution in [0.4, 0.5) is 19.0 Å². The fourth-order valence-electron chi connectivity index (χ4n) is 3.35. The molecule has 0 unspecified atom stereocenters. The van der Waals surface area contributed by atoms with E-state index in [0.29, 0.717) is 44.6 Å². The van der Waals surface area contributed by atoms with E-state index in [0.717, 1.165) is 17.4 Å². The number of nitrogens with two attached hydrogens (primary N) is 1. The molecule has 4 rings (SSSR count). The molecule has 0 spiro atoms. The number of pyridine rings is 1. The Hall–Kier alpha value is -3.98. The first-order chi connectivity index (χ1) is 16.2. The van der Waals surface area contributed by atoms with Gasteiger partial charge in [0.25, 0.3) is 0 Å². The lowest BCUT2D eigenvalue weighted by atomic mass is 9.99. The zero-order valence-electron chi connectivity index (χ0n) is 17.6. The van der Waals surface area contributed by atoms with Gasteiger partial charge in [0.05, 0.1) is 12.1 Å². The third-order valence-electron chi connectivity index (χ3n) is 5.03. The molecular weight excluding hydrogens is 463 g/mol. The minimum absolute atomic E-state index is 0.0865. The van der Waals surface area contributed by atoms with Crippen LogP contribution in [0.15, 0.2) is 66.9 Å². The average molecular weight is 481 g/mol. The molecule has 0 fully saturated rings. The smallest absolute Gasteiger partial charge is 0.384 e. The van der Waals surface area contributed by atoms with Gasteiger partial charge in [-0.2, -0.15) is 13.2 Å². The second kappa shape index (κ2) is 9.48. The molecule has 34 heavy (non-hydrogen) atoms. The van der Waals surface area contributed by atoms with Crippen molar-refractivity contribution in [3.05, 3.63) is 88.4 Å². The number of carbonyl (C=O) groups is 2. The second-order valence-electron chi connectivity index (χ2n) is 7.46. The lowest BCUT2D eigenvalue weighted by molar-refractivity contribution is -0.136. The van der Waals surface area contributed by atoms with Crippen LogP contribution in [0.5, 0.6) is 0 Å². The summed E-state index contributed by atoms with van der Waals surface area (Å²) >= 11 is 0.990. The van der Waals surface area contributed by atoms with Gasteiger partial charge in [-0.05, 0) is 58.5 Å². The maximum atomic E-state index is 13.8. The standard InChI is InChI=1S/C25H18F3N3O2S/c26-25(27,28)21-11-18(17-5-1-16(14-32)2-6-17)9-19-10-20(34-24(19)21)13-31-23(33)8-4-15-3-7-22(29)30-12-15/h1-12,14H,13H2,(H2,29,30)(H,31,33)/b8-4+. The van der Waals surface area contributed by atoms with Gasteiger partial charge in [0.1, 0.15) is 12.1 Å². The molecule has 4 aromatic rings. The van der Waals surface area contributed by atoms with Gasteiger partial charge in [-0.3, -0.25) is 9.59 Å².